The number of aromatic nitrogens is 5. The number of methoxy groups -OCH3 is 1. The lowest BCUT2D eigenvalue weighted by Gasteiger charge is -2.04. The fraction of sp³-hybridized carbons (Fsp3) is 0.111. The highest BCUT2D eigenvalue weighted by Gasteiger charge is 2.14. The summed E-state index contributed by atoms with van der Waals surface area (Å²) in [7, 11) is 1.62. The van der Waals surface area contributed by atoms with E-state index in [1.54, 1.807) is 23.9 Å². The van der Waals surface area contributed by atoms with Crippen molar-refractivity contribution < 1.29 is 9.13 Å². The molecule has 0 amide bonds. The molecule has 0 aliphatic heterocycles. The molecule has 4 aromatic rings. The van der Waals surface area contributed by atoms with Crippen LogP contribution in [-0.4, -0.2) is 32.1 Å². The van der Waals surface area contributed by atoms with Gasteiger partial charge < -0.3 is 4.74 Å². The summed E-state index contributed by atoms with van der Waals surface area (Å²) in [4.78, 5) is 8.58. The molecule has 0 unspecified atom stereocenters. The minimum atomic E-state index is -0.229. The molecule has 6 nitrogen and oxygen atoms in total. The average molecular weight is 367 g/mol. The Bertz CT molecular complexity index is 1050. The van der Waals surface area contributed by atoms with Crippen LogP contribution in [0.15, 0.2) is 59.9 Å². The highest BCUT2D eigenvalue weighted by molar-refractivity contribution is 7.98. The van der Waals surface area contributed by atoms with E-state index in [9.17, 15) is 4.39 Å². The Morgan fingerprint density at radius 3 is 2.65 bits per heavy atom. The molecule has 4 rings (SSSR count). The predicted molar refractivity (Wildman–Crippen MR) is 97.0 cm³/mol. The van der Waals surface area contributed by atoms with Crippen LogP contribution in [0.4, 0.5) is 4.39 Å². The fourth-order valence-electron chi connectivity index (χ4n) is 2.49. The van der Waals surface area contributed by atoms with Gasteiger partial charge in [0.1, 0.15) is 22.9 Å². The number of benzene rings is 2. The van der Waals surface area contributed by atoms with Gasteiger partial charge in [-0.05, 0) is 35.9 Å². The molecule has 0 spiro atoms. The maximum Gasteiger partial charge on any atom is 0.187 e. The zero-order chi connectivity index (χ0) is 17.9. The lowest BCUT2D eigenvalue weighted by molar-refractivity contribution is 0.414. The van der Waals surface area contributed by atoms with Gasteiger partial charge in [-0.15, -0.1) is 5.10 Å². The standard InChI is InChI=1S/C18H14FN5OS/c1-25-14-8-6-13(7-9-14)24-17-16(22-23-24)18(21-11-20-17)26-10-12-4-2-3-5-15(12)19/h2-9,11H,10H2,1H3. The summed E-state index contributed by atoms with van der Waals surface area (Å²) < 4.78 is 20.6. The topological polar surface area (TPSA) is 65.7 Å². The minimum Gasteiger partial charge on any atom is -0.497 e. The van der Waals surface area contributed by atoms with Crippen LogP contribution in [0.3, 0.4) is 0 Å². The number of fused-ring (bicyclic) bond motifs is 1. The molecular weight excluding hydrogens is 353 g/mol. The number of nitrogens with zero attached hydrogens (tertiary/aromatic N) is 5. The van der Waals surface area contributed by atoms with Crippen molar-refractivity contribution in [3.05, 3.63) is 66.2 Å². The van der Waals surface area contributed by atoms with Crippen molar-refractivity contribution in [1.29, 1.82) is 0 Å². The Hall–Kier alpha value is -3.00. The number of thioether (sulfide) groups is 1. The molecule has 2 aromatic heterocycles. The summed E-state index contributed by atoms with van der Waals surface area (Å²) in [5.41, 5.74) is 2.62. The van der Waals surface area contributed by atoms with Gasteiger partial charge in [0, 0.05) is 5.75 Å². The van der Waals surface area contributed by atoms with Crippen molar-refractivity contribution in [2.24, 2.45) is 0 Å². The number of rotatable bonds is 5. The normalized spacial score (nSPS) is 11.0. The second-order valence-electron chi connectivity index (χ2n) is 5.43. The first-order chi connectivity index (χ1) is 12.8. The van der Waals surface area contributed by atoms with E-state index in [4.69, 9.17) is 4.74 Å². The lowest BCUT2D eigenvalue weighted by atomic mass is 10.2. The summed E-state index contributed by atoms with van der Waals surface area (Å²) >= 11 is 1.40. The minimum absolute atomic E-state index is 0.229. The van der Waals surface area contributed by atoms with Crippen molar-refractivity contribution in [3.8, 4) is 11.4 Å². The summed E-state index contributed by atoms with van der Waals surface area (Å²) in [6.07, 6.45) is 1.47. The second kappa shape index (κ2) is 7.09. The van der Waals surface area contributed by atoms with Crippen LogP contribution in [0.2, 0.25) is 0 Å². The first-order valence-corrected chi connectivity index (χ1v) is 8.82. The lowest BCUT2D eigenvalue weighted by Crippen LogP contribution is -1.98. The summed E-state index contributed by atoms with van der Waals surface area (Å²) in [5.74, 6) is 0.981. The van der Waals surface area contributed by atoms with E-state index in [0.29, 0.717) is 27.5 Å². The van der Waals surface area contributed by atoms with Gasteiger partial charge in [0.15, 0.2) is 11.2 Å². The Balaban J connectivity index is 1.65. The van der Waals surface area contributed by atoms with Gasteiger partial charge >= 0.3 is 0 Å². The van der Waals surface area contributed by atoms with Crippen molar-refractivity contribution in [2.45, 2.75) is 10.8 Å². The molecule has 0 bridgehead atoms. The molecule has 2 heterocycles. The van der Waals surface area contributed by atoms with Gasteiger partial charge in [-0.1, -0.05) is 35.2 Å². The Labute approximate surface area is 153 Å². The maximum absolute atomic E-state index is 13.8. The van der Waals surface area contributed by atoms with Crippen LogP contribution in [0.1, 0.15) is 5.56 Å². The molecular formula is C18H14FN5OS. The predicted octanol–water partition coefficient (Wildman–Crippen LogP) is 3.65. The monoisotopic (exact) mass is 367 g/mol. The van der Waals surface area contributed by atoms with Gasteiger partial charge in [-0.3, -0.25) is 0 Å². The SMILES string of the molecule is COc1ccc(-n2nnc3c(SCc4ccccc4F)ncnc32)cc1. The molecule has 130 valence electrons. The quantitative estimate of drug-likeness (QED) is 0.396. The molecule has 2 aromatic carbocycles. The zero-order valence-corrected chi connectivity index (χ0v) is 14.7. The summed E-state index contributed by atoms with van der Waals surface area (Å²) in [6, 6.07) is 14.1. The molecule has 0 radical (unpaired) electrons. The highest BCUT2D eigenvalue weighted by atomic mass is 32.2. The van der Waals surface area contributed by atoms with Crippen LogP contribution in [0.5, 0.6) is 5.75 Å². The fourth-order valence-corrected chi connectivity index (χ4v) is 3.41. The molecule has 26 heavy (non-hydrogen) atoms. The molecule has 0 aliphatic carbocycles. The van der Waals surface area contributed by atoms with Crippen LogP contribution in [-0.2, 0) is 5.75 Å². The second-order valence-corrected chi connectivity index (χ2v) is 6.39. The van der Waals surface area contributed by atoms with Gasteiger partial charge in [0.05, 0.1) is 12.8 Å². The van der Waals surface area contributed by atoms with Crippen molar-refractivity contribution >= 4 is 22.9 Å². The van der Waals surface area contributed by atoms with E-state index in [-0.39, 0.29) is 5.82 Å². The zero-order valence-electron chi connectivity index (χ0n) is 13.8. The smallest absolute Gasteiger partial charge is 0.187 e. The van der Waals surface area contributed by atoms with E-state index in [1.807, 2.05) is 30.3 Å². The average Bonchev–Trinajstić information content (AvgIpc) is 3.12. The van der Waals surface area contributed by atoms with Crippen molar-refractivity contribution in [3.63, 3.8) is 0 Å². The first-order valence-electron chi connectivity index (χ1n) is 7.83. The first kappa shape index (κ1) is 16.5. The molecule has 8 heteroatoms. The molecule has 0 N–H and O–H groups in total. The Kier molecular flexibility index (Phi) is 4.49. The molecule has 0 saturated carbocycles. The highest BCUT2D eigenvalue weighted by Crippen LogP contribution is 2.27. The van der Waals surface area contributed by atoms with E-state index in [1.165, 1.54) is 24.2 Å². The Morgan fingerprint density at radius 1 is 1.08 bits per heavy atom. The molecule has 0 atom stereocenters. The van der Waals surface area contributed by atoms with E-state index < -0.39 is 0 Å². The molecule has 0 fully saturated rings. The van der Waals surface area contributed by atoms with Crippen LogP contribution >= 0.6 is 11.8 Å². The van der Waals surface area contributed by atoms with Crippen molar-refractivity contribution in [2.75, 3.05) is 7.11 Å². The Morgan fingerprint density at radius 2 is 1.88 bits per heavy atom. The van der Waals surface area contributed by atoms with Gasteiger partial charge in [0.25, 0.3) is 0 Å². The maximum atomic E-state index is 13.8. The van der Waals surface area contributed by atoms with Crippen molar-refractivity contribution in [1.82, 2.24) is 25.0 Å². The van der Waals surface area contributed by atoms with E-state index in [2.05, 4.69) is 20.3 Å². The largest absolute Gasteiger partial charge is 0.497 e. The van der Waals surface area contributed by atoms with Gasteiger partial charge in [0.2, 0.25) is 0 Å². The molecule has 0 aliphatic rings. The number of hydrogen-bond donors (Lipinski definition) is 0. The summed E-state index contributed by atoms with van der Waals surface area (Å²) in [5, 5.41) is 9.07. The molecule has 0 saturated heterocycles. The van der Waals surface area contributed by atoms with Gasteiger partial charge in [-0.2, -0.15) is 4.68 Å². The number of ether oxygens (including phenoxy) is 1. The van der Waals surface area contributed by atoms with Crippen LogP contribution in [0.25, 0.3) is 16.9 Å². The third-order valence-electron chi connectivity index (χ3n) is 3.84. The van der Waals surface area contributed by atoms with Gasteiger partial charge in [-0.25, -0.2) is 14.4 Å². The van der Waals surface area contributed by atoms with Crippen LogP contribution < -0.4 is 4.74 Å². The summed E-state index contributed by atoms with van der Waals surface area (Å²) in [6.45, 7) is 0. The number of hydrogen-bond acceptors (Lipinski definition) is 6. The van der Waals surface area contributed by atoms with E-state index in [0.717, 1.165) is 11.4 Å². The third kappa shape index (κ3) is 3.11. The number of halogens is 1. The third-order valence-corrected chi connectivity index (χ3v) is 4.87. The van der Waals surface area contributed by atoms with Crippen LogP contribution in [0, 0.1) is 5.82 Å². The van der Waals surface area contributed by atoms with E-state index >= 15 is 0 Å².